The van der Waals surface area contributed by atoms with E-state index in [4.69, 9.17) is 9.47 Å². The zero-order chi connectivity index (χ0) is 30.6. The molecule has 2 aromatic heterocycles. The lowest BCUT2D eigenvalue weighted by molar-refractivity contribution is -0.385. The van der Waals surface area contributed by atoms with Crippen LogP contribution in [-0.2, 0) is 40.4 Å². The molecule has 2 heterocycles. The maximum absolute atomic E-state index is 11.9. The van der Waals surface area contributed by atoms with E-state index in [1.807, 2.05) is 0 Å². The summed E-state index contributed by atoms with van der Waals surface area (Å²) in [5.74, 6) is -2.80. The number of rotatable bonds is 10. The molecule has 0 aliphatic heterocycles. The van der Waals surface area contributed by atoms with E-state index in [1.54, 1.807) is 27.7 Å². The number of nitro groups is 2. The number of methoxy groups -OCH3 is 2. The summed E-state index contributed by atoms with van der Waals surface area (Å²) in [6.45, 7) is 6.84. The Morgan fingerprint density at radius 1 is 0.825 bits per heavy atom. The highest BCUT2D eigenvalue weighted by Gasteiger charge is 2.35. The minimum atomic E-state index is -1.14. The van der Waals surface area contributed by atoms with Crippen molar-refractivity contribution >= 4 is 35.3 Å². The molecule has 0 spiro atoms. The highest BCUT2D eigenvalue weighted by Crippen LogP contribution is 2.28. The van der Waals surface area contributed by atoms with E-state index in [1.165, 1.54) is 6.07 Å². The first-order chi connectivity index (χ1) is 18.7. The molecule has 0 amide bonds. The van der Waals surface area contributed by atoms with Gasteiger partial charge in [-0.1, -0.05) is 0 Å². The van der Waals surface area contributed by atoms with Crippen LogP contribution in [0, 0.1) is 20.2 Å². The highest BCUT2D eigenvalue weighted by molar-refractivity contribution is 5.95. The predicted octanol–water partition coefficient (Wildman–Crippen LogP) is 2.50. The van der Waals surface area contributed by atoms with Gasteiger partial charge in [-0.05, 0) is 39.8 Å². The summed E-state index contributed by atoms with van der Waals surface area (Å²) in [5.41, 5.74) is -2.22. The fourth-order valence-electron chi connectivity index (χ4n) is 2.99. The molecule has 0 aromatic carbocycles. The van der Waals surface area contributed by atoms with E-state index in [0.29, 0.717) is 0 Å². The lowest BCUT2D eigenvalue weighted by Gasteiger charge is -2.21. The third-order valence-corrected chi connectivity index (χ3v) is 5.08. The summed E-state index contributed by atoms with van der Waals surface area (Å²) >= 11 is 0. The van der Waals surface area contributed by atoms with Crippen LogP contribution in [-0.4, -0.2) is 71.1 Å². The molecular formula is C24H28N4O12. The van der Waals surface area contributed by atoms with Crippen molar-refractivity contribution in [3.05, 3.63) is 67.3 Å². The van der Waals surface area contributed by atoms with Crippen molar-refractivity contribution in [1.29, 1.82) is 0 Å². The third-order valence-electron chi connectivity index (χ3n) is 5.08. The summed E-state index contributed by atoms with van der Waals surface area (Å²) in [5, 5.41) is 21.6. The minimum absolute atomic E-state index is 0.171. The molecule has 2 rings (SSSR count). The normalized spacial score (nSPS) is 10.3. The van der Waals surface area contributed by atoms with Crippen LogP contribution in [0.4, 0.5) is 11.4 Å². The summed E-state index contributed by atoms with van der Waals surface area (Å²) < 4.78 is 18.6. The predicted molar refractivity (Wildman–Crippen MR) is 134 cm³/mol. The van der Waals surface area contributed by atoms with E-state index in [-0.39, 0.29) is 42.1 Å². The zero-order valence-electron chi connectivity index (χ0n) is 22.6. The van der Waals surface area contributed by atoms with Gasteiger partial charge in [-0.15, -0.1) is 0 Å². The highest BCUT2D eigenvalue weighted by atomic mass is 16.6. The van der Waals surface area contributed by atoms with Crippen LogP contribution in [0.25, 0.3) is 0 Å². The Morgan fingerprint density at radius 3 is 1.75 bits per heavy atom. The van der Waals surface area contributed by atoms with E-state index >= 15 is 0 Å². The van der Waals surface area contributed by atoms with Crippen LogP contribution in [0.15, 0.2) is 24.5 Å². The van der Waals surface area contributed by atoms with E-state index in [2.05, 4.69) is 19.4 Å². The minimum Gasteiger partial charge on any atom is -0.466 e. The first-order valence-corrected chi connectivity index (χ1v) is 11.5. The molecule has 16 heteroatoms. The van der Waals surface area contributed by atoms with Gasteiger partial charge in [0.15, 0.2) is 0 Å². The van der Waals surface area contributed by atoms with E-state index < -0.39 is 50.5 Å². The summed E-state index contributed by atoms with van der Waals surface area (Å²) in [4.78, 5) is 74.1. The van der Waals surface area contributed by atoms with Gasteiger partial charge >= 0.3 is 35.3 Å². The lowest BCUT2D eigenvalue weighted by atomic mass is 9.88. The second-order valence-electron chi connectivity index (χ2n) is 8.10. The van der Waals surface area contributed by atoms with Crippen molar-refractivity contribution in [2.75, 3.05) is 27.4 Å². The van der Waals surface area contributed by atoms with Crippen LogP contribution in [0.2, 0.25) is 0 Å². The monoisotopic (exact) mass is 564 g/mol. The molecule has 0 saturated heterocycles. The lowest BCUT2D eigenvalue weighted by Crippen LogP contribution is -2.32. The maximum Gasteiger partial charge on any atom is 0.345 e. The summed E-state index contributed by atoms with van der Waals surface area (Å²) in [6, 6.07) is 2.34. The molecule has 0 bridgehead atoms. The van der Waals surface area contributed by atoms with E-state index in [9.17, 15) is 39.4 Å². The topological polar surface area (TPSA) is 217 Å². The molecule has 0 fully saturated rings. The Labute approximate surface area is 227 Å². The van der Waals surface area contributed by atoms with Crippen molar-refractivity contribution < 1.29 is 48.0 Å². The molecule has 0 unspecified atom stereocenters. The molecular weight excluding hydrogens is 536 g/mol. The second kappa shape index (κ2) is 14.8. The number of esters is 4. The molecule has 0 radical (unpaired) electrons. The fourth-order valence-corrected chi connectivity index (χ4v) is 2.99. The van der Waals surface area contributed by atoms with Gasteiger partial charge in [-0.25, -0.2) is 9.59 Å². The smallest absolute Gasteiger partial charge is 0.345 e. The van der Waals surface area contributed by atoms with Gasteiger partial charge in [0.2, 0.25) is 0 Å². The van der Waals surface area contributed by atoms with Gasteiger partial charge in [-0.2, -0.15) is 0 Å². The van der Waals surface area contributed by atoms with Gasteiger partial charge < -0.3 is 18.9 Å². The molecule has 40 heavy (non-hydrogen) atoms. The number of carbonyl (C=O) groups is 4. The number of hydrogen-bond donors (Lipinski definition) is 0. The molecule has 0 saturated carbocycles. The fraction of sp³-hybridized carbons (Fsp3) is 0.417. The molecule has 2 aromatic rings. The Morgan fingerprint density at radius 2 is 1.30 bits per heavy atom. The van der Waals surface area contributed by atoms with Crippen LogP contribution < -0.4 is 0 Å². The van der Waals surface area contributed by atoms with Gasteiger partial charge in [0.05, 0.1) is 55.1 Å². The van der Waals surface area contributed by atoms with Crippen molar-refractivity contribution in [1.82, 2.24) is 9.97 Å². The number of nitrogens with zero attached hydrogens (tertiary/aromatic N) is 4. The summed E-state index contributed by atoms with van der Waals surface area (Å²) in [6.07, 6.45) is 1.68. The number of pyridine rings is 2. The van der Waals surface area contributed by atoms with Crippen molar-refractivity contribution in [3.63, 3.8) is 0 Å². The van der Waals surface area contributed by atoms with Crippen molar-refractivity contribution in [2.24, 2.45) is 0 Å². The summed E-state index contributed by atoms with van der Waals surface area (Å²) in [7, 11) is 2.22. The average molecular weight is 565 g/mol. The Hall–Kier alpha value is -5.02. The molecule has 16 nitrogen and oxygen atoms in total. The quantitative estimate of drug-likeness (QED) is 0.175. The van der Waals surface area contributed by atoms with Gasteiger partial charge in [0.25, 0.3) is 0 Å². The zero-order valence-corrected chi connectivity index (χ0v) is 22.6. The Balaban J connectivity index is 0.000000402. The van der Waals surface area contributed by atoms with Crippen LogP contribution >= 0.6 is 0 Å². The number of ether oxygens (including phenoxy) is 4. The Kier molecular flexibility index (Phi) is 12.2. The van der Waals surface area contributed by atoms with Crippen LogP contribution in [0.1, 0.15) is 59.8 Å². The van der Waals surface area contributed by atoms with Crippen molar-refractivity contribution in [3.8, 4) is 0 Å². The number of aromatic nitrogens is 2. The van der Waals surface area contributed by atoms with Gasteiger partial charge in [0.1, 0.15) is 28.9 Å². The molecule has 0 aliphatic rings. The average Bonchev–Trinajstić information content (AvgIpc) is 2.92. The SMILES string of the molecule is CCOC(=O)C(C)(C)c1cc(C(=O)OC)c([N+](=O)[O-])cn1.CCOC(=O)Cc1cc(C(=O)OC)c([N+](=O)[O-])cn1. The van der Waals surface area contributed by atoms with Crippen LogP contribution in [0.5, 0.6) is 0 Å². The number of carbonyl (C=O) groups excluding carboxylic acids is 4. The number of hydrogen-bond acceptors (Lipinski definition) is 14. The molecule has 0 atom stereocenters. The van der Waals surface area contributed by atoms with Crippen LogP contribution in [0.3, 0.4) is 0 Å². The van der Waals surface area contributed by atoms with Gasteiger partial charge in [0, 0.05) is 0 Å². The van der Waals surface area contributed by atoms with E-state index in [0.717, 1.165) is 32.7 Å². The largest absolute Gasteiger partial charge is 0.466 e. The van der Waals surface area contributed by atoms with Gasteiger partial charge in [-0.3, -0.25) is 39.8 Å². The second-order valence-corrected chi connectivity index (χ2v) is 8.10. The molecule has 0 aliphatic carbocycles. The first kappa shape index (κ1) is 33.0. The third kappa shape index (κ3) is 8.50. The molecule has 0 N–H and O–H groups in total. The molecule has 216 valence electrons. The Bertz CT molecular complexity index is 1290. The maximum atomic E-state index is 11.9. The van der Waals surface area contributed by atoms with Crippen molar-refractivity contribution in [2.45, 2.75) is 39.5 Å². The standard InChI is InChI=1S/C13H16N2O6.C11H12N2O6/c1-5-21-12(17)13(2,3)10-6-8(11(16)20-4)9(7-14-10)15(18)19;1-3-19-10(14)5-7-4-8(11(15)18-2)9(6-12-7)13(16)17/h6-7H,5H2,1-4H3;4,6H,3,5H2,1-2H3. The first-order valence-electron chi connectivity index (χ1n) is 11.5.